The number of hydrogen-bond acceptors (Lipinski definition) is 6. The summed E-state index contributed by atoms with van der Waals surface area (Å²) >= 11 is 0. The first kappa shape index (κ1) is 20.6. The molecule has 0 aliphatic carbocycles. The number of piperidine rings is 1. The van der Waals surface area contributed by atoms with Gasteiger partial charge in [0.15, 0.2) is 11.5 Å². The van der Waals surface area contributed by atoms with Crippen molar-refractivity contribution in [2.45, 2.75) is 25.2 Å². The molecule has 3 heterocycles. The average molecular weight is 440 g/mol. The first-order chi connectivity index (χ1) is 15.7. The fourth-order valence-electron chi connectivity index (χ4n) is 4.34. The Morgan fingerprint density at radius 1 is 1.19 bits per heavy atom. The molecule has 5 rings (SSSR count). The number of aromatic amines is 1. The summed E-state index contributed by atoms with van der Waals surface area (Å²) in [6.07, 6.45) is 2.32. The van der Waals surface area contributed by atoms with E-state index in [2.05, 4.69) is 20.4 Å². The number of benzene rings is 2. The maximum atomic E-state index is 13.4. The molecule has 1 amide bonds. The van der Waals surface area contributed by atoms with Gasteiger partial charge in [-0.2, -0.15) is 5.10 Å². The van der Waals surface area contributed by atoms with Crippen molar-refractivity contribution in [1.82, 2.24) is 15.1 Å². The lowest BCUT2D eigenvalue weighted by Crippen LogP contribution is -2.34. The van der Waals surface area contributed by atoms with E-state index in [0.29, 0.717) is 35.2 Å². The molecule has 0 unspecified atom stereocenters. The van der Waals surface area contributed by atoms with Crippen molar-refractivity contribution in [3.8, 4) is 11.5 Å². The van der Waals surface area contributed by atoms with Gasteiger partial charge in [0.25, 0.3) is 0 Å². The largest absolute Gasteiger partial charge is 0.454 e. The molecule has 2 N–H and O–H groups in total. The molecule has 1 aromatic heterocycles. The van der Waals surface area contributed by atoms with Crippen LogP contribution in [0.4, 0.5) is 14.9 Å². The molecular weight excluding hydrogens is 415 g/mol. The standard InChI is InChI=1S/C23H25FN4O4/c24-16-2-4-18-19(12-16)26-27-22(18)15-6-9-28(10-7-15)8-1-11-30-23(29)25-17-3-5-20-21(13-17)32-14-31-20/h2-5,12-13,15H,1,6-11,14H2,(H,25,29)(H,26,27). The number of carbonyl (C=O) groups excluding carboxylic acids is 1. The van der Waals surface area contributed by atoms with Crippen LogP contribution >= 0.6 is 0 Å². The van der Waals surface area contributed by atoms with Crippen LogP contribution in [0.3, 0.4) is 0 Å². The van der Waals surface area contributed by atoms with Gasteiger partial charge in [0.1, 0.15) is 5.82 Å². The van der Waals surface area contributed by atoms with Crippen LogP contribution in [0.1, 0.15) is 30.9 Å². The van der Waals surface area contributed by atoms with E-state index in [-0.39, 0.29) is 12.6 Å². The summed E-state index contributed by atoms with van der Waals surface area (Å²) in [6.45, 7) is 3.36. The molecule has 168 valence electrons. The number of halogens is 1. The van der Waals surface area contributed by atoms with Gasteiger partial charge in [0.05, 0.1) is 12.1 Å². The van der Waals surface area contributed by atoms with E-state index >= 15 is 0 Å². The van der Waals surface area contributed by atoms with Crippen molar-refractivity contribution in [2.75, 3.05) is 38.4 Å². The van der Waals surface area contributed by atoms with Gasteiger partial charge in [-0.3, -0.25) is 10.4 Å². The van der Waals surface area contributed by atoms with Crippen LogP contribution in [-0.4, -0.2) is 54.2 Å². The van der Waals surface area contributed by atoms with Crippen molar-refractivity contribution in [2.24, 2.45) is 0 Å². The summed E-state index contributed by atoms with van der Waals surface area (Å²) in [5.74, 6) is 1.41. The summed E-state index contributed by atoms with van der Waals surface area (Å²) in [6, 6.07) is 9.98. The number of amides is 1. The Morgan fingerprint density at radius 3 is 2.91 bits per heavy atom. The Hall–Kier alpha value is -3.33. The quantitative estimate of drug-likeness (QED) is 0.557. The van der Waals surface area contributed by atoms with E-state index in [4.69, 9.17) is 14.2 Å². The molecule has 1 saturated heterocycles. The number of H-pyrrole nitrogens is 1. The van der Waals surface area contributed by atoms with E-state index in [1.165, 1.54) is 12.1 Å². The fraction of sp³-hybridized carbons (Fsp3) is 0.391. The first-order valence-corrected chi connectivity index (χ1v) is 10.8. The lowest BCUT2D eigenvalue weighted by molar-refractivity contribution is 0.146. The van der Waals surface area contributed by atoms with Crippen LogP contribution in [0.5, 0.6) is 11.5 Å². The van der Waals surface area contributed by atoms with E-state index in [1.54, 1.807) is 18.2 Å². The second kappa shape index (κ2) is 9.04. The summed E-state index contributed by atoms with van der Waals surface area (Å²) in [5, 5.41) is 11.1. The van der Waals surface area contributed by atoms with Gasteiger partial charge in [-0.25, -0.2) is 9.18 Å². The molecule has 9 heteroatoms. The van der Waals surface area contributed by atoms with Crippen molar-refractivity contribution in [3.63, 3.8) is 0 Å². The van der Waals surface area contributed by atoms with E-state index < -0.39 is 6.09 Å². The molecule has 2 aliphatic heterocycles. The molecule has 0 radical (unpaired) electrons. The lowest BCUT2D eigenvalue weighted by Gasteiger charge is -2.31. The summed E-state index contributed by atoms with van der Waals surface area (Å²) < 4.78 is 29.2. The van der Waals surface area contributed by atoms with Gasteiger partial charge in [-0.1, -0.05) is 0 Å². The van der Waals surface area contributed by atoms with Crippen molar-refractivity contribution in [3.05, 3.63) is 47.9 Å². The number of aromatic nitrogens is 2. The second-order valence-corrected chi connectivity index (χ2v) is 8.10. The molecule has 0 spiro atoms. The Kier molecular flexibility index (Phi) is 5.81. The molecule has 2 aromatic carbocycles. The maximum absolute atomic E-state index is 13.4. The Balaban J connectivity index is 1.03. The highest BCUT2D eigenvalue weighted by Gasteiger charge is 2.23. The minimum Gasteiger partial charge on any atom is -0.454 e. The van der Waals surface area contributed by atoms with E-state index in [9.17, 15) is 9.18 Å². The number of likely N-dealkylation sites (tertiary alicyclic amines) is 1. The van der Waals surface area contributed by atoms with Gasteiger partial charge in [-0.15, -0.1) is 0 Å². The van der Waals surface area contributed by atoms with Gasteiger partial charge >= 0.3 is 6.09 Å². The summed E-state index contributed by atoms with van der Waals surface area (Å²) in [7, 11) is 0. The number of nitrogens with one attached hydrogen (secondary N) is 2. The highest BCUT2D eigenvalue weighted by atomic mass is 19.1. The normalized spacial score (nSPS) is 16.4. The molecule has 8 nitrogen and oxygen atoms in total. The zero-order valence-electron chi connectivity index (χ0n) is 17.6. The Morgan fingerprint density at radius 2 is 2.03 bits per heavy atom. The number of anilines is 1. The van der Waals surface area contributed by atoms with Crippen molar-refractivity contribution in [1.29, 1.82) is 0 Å². The SMILES string of the molecule is O=C(Nc1ccc2c(c1)OCO2)OCCCN1CCC(c2[nH]nc3cc(F)ccc23)CC1. The average Bonchev–Trinajstić information content (AvgIpc) is 3.43. The van der Waals surface area contributed by atoms with Crippen LogP contribution in [0.25, 0.3) is 10.9 Å². The van der Waals surface area contributed by atoms with Crippen LogP contribution in [0.15, 0.2) is 36.4 Å². The topological polar surface area (TPSA) is 88.7 Å². The predicted molar refractivity (Wildman–Crippen MR) is 117 cm³/mol. The molecule has 0 atom stereocenters. The van der Waals surface area contributed by atoms with Crippen LogP contribution in [-0.2, 0) is 4.74 Å². The van der Waals surface area contributed by atoms with Crippen LogP contribution in [0, 0.1) is 5.82 Å². The van der Waals surface area contributed by atoms with Gasteiger partial charge < -0.3 is 19.1 Å². The number of fused-ring (bicyclic) bond motifs is 2. The molecule has 2 aliphatic rings. The molecule has 0 saturated carbocycles. The minimum atomic E-state index is -0.481. The fourth-order valence-corrected chi connectivity index (χ4v) is 4.34. The zero-order valence-corrected chi connectivity index (χ0v) is 17.6. The number of hydrogen-bond donors (Lipinski definition) is 2. The number of nitrogens with zero attached hydrogens (tertiary/aromatic N) is 2. The van der Waals surface area contributed by atoms with E-state index in [0.717, 1.165) is 50.0 Å². The number of carbonyl (C=O) groups is 1. The predicted octanol–water partition coefficient (Wildman–Crippen LogP) is 4.25. The molecular formula is C23H25FN4O4. The van der Waals surface area contributed by atoms with Gasteiger partial charge in [0, 0.05) is 41.4 Å². The van der Waals surface area contributed by atoms with Crippen molar-refractivity contribution >= 4 is 22.7 Å². The van der Waals surface area contributed by atoms with Gasteiger partial charge in [-0.05, 0) is 56.6 Å². The third kappa shape index (κ3) is 4.47. The first-order valence-electron chi connectivity index (χ1n) is 10.8. The lowest BCUT2D eigenvalue weighted by atomic mass is 9.91. The highest BCUT2D eigenvalue weighted by molar-refractivity contribution is 5.85. The number of ether oxygens (including phenoxy) is 3. The number of rotatable bonds is 6. The monoisotopic (exact) mass is 440 g/mol. The molecule has 32 heavy (non-hydrogen) atoms. The third-order valence-electron chi connectivity index (χ3n) is 6.01. The smallest absolute Gasteiger partial charge is 0.411 e. The summed E-state index contributed by atoms with van der Waals surface area (Å²) in [4.78, 5) is 14.4. The maximum Gasteiger partial charge on any atom is 0.411 e. The van der Waals surface area contributed by atoms with Gasteiger partial charge in [0.2, 0.25) is 6.79 Å². The zero-order chi connectivity index (χ0) is 21.9. The van der Waals surface area contributed by atoms with E-state index in [1.807, 2.05) is 6.07 Å². The minimum absolute atomic E-state index is 0.193. The Labute approximate surface area is 184 Å². The molecule has 3 aromatic rings. The highest BCUT2D eigenvalue weighted by Crippen LogP contribution is 2.34. The van der Waals surface area contributed by atoms with Crippen LogP contribution in [0.2, 0.25) is 0 Å². The Bertz CT molecular complexity index is 1110. The third-order valence-corrected chi connectivity index (χ3v) is 6.01. The second-order valence-electron chi connectivity index (χ2n) is 8.10. The summed E-state index contributed by atoms with van der Waals surface area (Å²) in [5.41, 5.74) is 2.39. The van der Waals surface area contributed by atoms with Crippen molar-refractivity contribution < 1.29 is 23.4 Å². The molecule has 1 fully saturated rings. The molecule has 0 bridgehead atoms. The van der Waals surface area contributed by atoms with Crippen LogP contribution < -0.4 is 14.8 Å².